The smallest absolute Gasteiger partial charge is 0.212 e. The van der Waals surface area contributed by atoms with E-state index in [9.17, 15) is 16.8 Å². The molecule has 0 amide bonds. The van der Waals surface area contributed by atoms with Crippen LogP contribution in [0.4, 0.5) is 0 Å². The molecule has 0 fully saturated rings. The molecule has 0 saturated heterocycles. The van der Waals surface area contributed by atoms with Crippen molar-refractivity contribution in [1.29, 1.82) is 0 Å². The molecular formula is C36H72N2O4S3. The zero-order valence-electron chi connectivity index (χ0n) is 29.5. The third kappa shape index (κ3) is 36.4. The van der Waals surface area contributed by atoms with Gasteiger partial charge in [0.25, 0.3) is 10.0 Å². The third-order valence-electron chi connectivity index (χ3n) is 8.45. The molecule has 0 aromatic heterocycles. The van der Waals surface area contributed by atoms with Crippen LogP contribution in [0.1, 0.15) is 213 Å². The predicted octanol–water partition coefficient (Wildman–Crippen LogP) is 11.5. The summed E-state index contributed by atoms with van der Waals surface area (Å²) in [5.41, 5.74) is 0. The molecule has 0 aromatic rings. The second-order valence-corrected chi connectivity index (χ2v) is 17.4. The Balaban J connectivity index is 3.60. The first kappa shape index (κ1) is 44.7. The molecule has 0 spiro atoms. The fraction of sp³-hybridized carbons (Fsp3) is 0.944. The van der Waals surface area contributed by atoms with Gasteiger partial charge in [0.2, 0.25) is 10.0 Å². The molecule has 45 heavy (non-hydrogen) atoms. The van der Waals surface area contributed by atoms with Crippen molar-refractivity contribution in [3.05, 3.63) is 0 Å². The predicted molar refractivity (Wildman–Crippen MR) is 199 cm³/mol. The van der Waals surface area contributed by atoms with Crippen LogP contribution in [0.2, 0.25) is 0 Å². The number of unbranched alkanes of at least 4 members (excludes halogenated alkanes) is 29. The van der Waals surface area contributed by atoms with Crippen molar-refractivity contribution in [3.63, 3.8) is 0 Å². The summed E-state index contributed by atoms with van der Waals surface area (Å²) in [6.45, 7) is 4.52. The summed E-state index contributed by atoms with van der Waals surface area (Å²) in [5.74, 6) is 2.72. The van der Waals surface area contributed by atoms with Gasteiger partial charge in [-0.05, 0) is 12.8 Å². The third-order valence-corrected chi connectivity index (χ3v) is 12.2. The van der Waals surface area contributed by atoms with Gasteiger partial charge < -0.3 is 0 Å². The molecule has 268 valence electrons. The van der Waals surface area contributed by atoms with Crippen LogP contribution in [-0.4, -0.2) is 22.6 Å². The van der Waals surface area contributed by atoms with E-state index in [0.29, 0.717) is 25.0 Å². The van der Waals surface area contributed by atoms with Gasteiger partial charge in [0.1, 0.15) is 0 Å². The lowest BCUT2D eigenvalue weighted by atomic mass is 10.0. The van der Waals surface area contributed by atoms with Gasteiger partial charge >= 0.3 is 0 Å². The average Bonchev–Trinajstić information content (AvgIpc) is 3.00. The molecule has 2 N–H and O–H groups in total. The number of hydrogen-bond acceptors (Lipinski definition) is 5. The first-order valence-corrected chi connectivity index (χ1v) is 22.9. The van der Waals surface area contributed by atoms with Gasteiger partial charge in [0.15, 0.2) is 0 Å². The van der Waals surface area contributed by atoms with Crippen molar-refractivity contribution in [2.24, 2.45) is 0 Å². The Hall–Kier alpha value is -0.270. The van der Waals surface area contributed by atoms with Gasteiger partial charge in [-0.2, -0.15) is 8.42 Å². The Morgan fingerprint density at radius 1 is 0.422 bits per heavy atom. The summed E-state index contributed by atoms with van der Waals surface area (Å²) >= 11 is 0.465. The van der Waals surface area contributed by atoms with Crippen LogP contribution in [0.15, 0.2) is 0 Å². The van der Waals surface area contributed by atoms with Crippen molar-refractivity contribution in [2.75, 3.05) is 5.75 Å². The fourth-order valence-corrected chi connectivity index (χ4v) is 8.36. The van der Waals surface area contributed by atoms with E-state index in [-0.39, 0.29) is 5.75 Å². The molecule has 0 unspecified atom stereocenters. The summed E-state index contributed by atoms with van der Waals surface area (Å²) < 4.78 is 52.8. The Labute approximate surface area is 286 Å². The molecule has 0 radical (unpaired) electrons. The van der Waals surface area contributed by atoms with Gasteiger partial charge in [0, 0.05) is 23.8 Å². The van der Waals surface area contributed by atoms with Crippen LogP contribution in [0.25, 0.3) is 0 Å². The molecule has 0 atom stereocenters. The van der Waals surface area contributed by atoms with Crippen molar-refractivity contribution >= 4 is 32.2 Å². The first-order chi connectivity index (χ1) is 21.8. The van der Waals surface area contributed by atoms with Crippen molar-refractivity contribution < 1.29 is 16.8 Å². The highest BCUT2D eigenvalue weighted by Crippen LogP contribution is 2.15. The van der Waals surface area contributed by atoms with Gasteiger partial charge in [-0.1, -0.05) is 200 Å². The summed E-state index contributed by atoms with van der Waals surface area (Å²) in [6, 6.07) is 0. The van der Waals surface area contributed by atoms with Crippen LogP contribution >= 0.6 is 12.1 Å². The maximum absolute atomic E-state index is 12.2. The summed E-state index contributed by atoms with van der Waals surface area (Å²) in [7, 11) is -7.39. The zero-order chi connectivity index (χ0) is 33.2. The highest BCUT2D eigenvalue weighted by atomic mass is 32.3. The maximum Gasteiger partial charge on any atom is 0.290 e. The Bertz CT molecular complexity index is 899. The maximum atomic E-state index is 12.2. The fourth-order valence-electron chi connectivity index (χ4n) is 5.59. The zero-order valence-corrected chi connectivity index (χ0v) is 31.9. The number of rotatable bonds is 35. The lowest BCUT2D eigenvalue weighted by molar-refractivity contribution is 0.530. The van der Waals surface area contributed by atoms with E-state index in [1.165, 1.54) is 154 Å². The molecule has 6 nitrogen and oxygen atoms in total. The molecule has 0 saturated carbocycles. The summed E-state index contributed by atoms with van der Waals surface area (Å²) in [5, 5.41) is 2.25. The van der Waals surface area contributed by atoms with Gasteiger partial charge in [-0.15, -0.1) is 8.25 Å². The van der Waals surface area contributed by atoms with Gasteiger partial charge in [-0.25, -0.2) is 8.42 Å². The SMILES string of the molecule is CCCCCCCCCCCCCCCCC#CS(=O)(=O)NSNS(=O)(=O)CCCCCCCCCCCCCCCCCC. The van der Waals surface area contributed by atoms with E-state index >= 15 is 0 Å². The Morgan fingerprint density at radius 2 is 0.733 bits per heavy atom. The second kappa shape index (κ2) is 33.6. The lowest BCUT2D eigenvalue weighted by Crippen LogP contribution is -2.26. The largest absolute Gasteiger partial charge is 0.290 e. The highest BCUT2D eigenvalue weighted by molar-refractivity contribution is 8.15. The second-order valence-electron chi connectivity index (χ2n) is 13.0. The van der Waals surface area contributed by atoms with Crippen molar-refractivity contribution in [2.45, 2.75) is 213 Å². The standard InChI is InChI=1S/C36H72N2O4S3/c1-3-5-7-9-11-13-15-17-19-21-23-25-27-29-31-33-35-44(39,40)37-43-38-45(41,42)36-34-32-30-28-26-24-22-20-18-16-14-12-10-8-6-4-2/h37-38H,3-33,35H2,1-2H3. The minimum Gasteiger partial charge on any atom is -0.212 e. The molecule has 0 heterocycles. The minimum absolute atomic E-state index is 0.00494. The lowest BCUT2D eigenvalue weighted by Gasteiger charge is -2.06. The number of sulfonamides is 2. The monoisotopic (exact) mass is 692 g/mol. The first-order valence-electron chi connectivity index (χ1n) is 19.0. The molecule has 0 bridgehead atoms. The molecule has 0 aliphatic rings. The van der Waals surface area contributed by atoms with E-state index in [1.54, 1.807) is 0 Å². The van der Waals surface area contributed by atoms with Crippen molar-refractivity contribution in [1.82, 2.24) is 8.25 Å². The minimum atomic E-state index is -3.85. The quantitative estimate of drug-likeness (QED) is 0.0392. The van der Waals surface area contributed by atoms with Crippen LogP contribution in [0.5, 0.6) is 0 Å². The normalized spacial score (nSPS) is 12.0. The Kier molecular flexibility index (Phi) is 33.4. The van der Waals surface area contributed by atoms with E-state index in [0.717, 1.165) is 32.1 Å². The van der Waals surface area contributed by atoms with Crippen molar-refractivity contribution in [3.8, 4) is 11.2 Å². The summed E-state index contributed by atoms with van der Waals surface area (Å²) in [4.78, 5) is 0. The molecule has 0 aliphatic heterocycles. The van der Waals surface area contributed by atoms with E-state index in [2.05, 4.69) is 33.3 Å². The topological polar surface area (TPSA) is 92.3 Å². The van der Waals surface area contributed by atoms with Gasteiger partial charge in [-0.3, -0.25) is 0 Å². The highest BCUT2D eigenvalue weighted by Gasteiger charge is 2.12. The molecule has 0 aliphatic carbocycles. The van der Waals surface area contributed by atoms with Crippen LogP contribution < -0.4 is 8.25 Å². The van der Waals surface area contributed by atoms with Crippen LogP contribution in [-0.2, 0) is 20.0 Å². The molecule has 9 heteroatoms. The molecule has 0 aromatic carbocycles. The molecule has 0 rings (SSSR count). The van der Waals surface area contributed by atoms with Crippen LogP contribution in [0, 0.1) is 11.2 Å². The van der Waals surface area contributed by atoms with E-state index < -0.39 is 20.0 Å². The van der Waals surface area contributed by atoms with E-state index in [4.69, 9.17) is 0 Å². The number of hydrogen-bond donors (Lipinski definition) is 2. The summed E-state index contributed by atoms with van der Waals surface area (Å²) in [6.07, 6.45) is 38.3. The van der Waals surface area contributed by atoms with Gasteiger partial charge in [0.05, 0.1) is 5.75 Å². The van der Waals surface area contributed by atoms with E-state index in [1.807, 2.05) is 0 Å². The van der Waals surface area contributed by atoms with Crippen LogP contribution in [0.3, 0.4) is 0 Å². The number of nitrogens with one attached hydrogen (secondary N) is 2. The average molecular weight is 693 g/mol. The Morgan fingerprint density at radius 3 is 1.09 bits per heavy atom. The molecular weight excluding hydrogens is 621 g/mol.